The highest BCUT2D eigenvalue weighted by Gasteiger charge is 2.20. The molecule has 2 aromatic rings. The van der Waals surface area contributed by atoms with Crippen molar-refractivity contribution in [1.29, 1.82) is 0 Å². The van der Waals surface area contributed by atoms with Crippen LogP contribution in [0.25, 0.3) is 10.9 Å². The summed E-state index contributed by atoms with van der Waals surface area (Å²) in [5, 5.41) is 3.28. The Kier molecular flexibility index (Phi) is 4.27. The number of hydrogen-bond acceptors (Lipinski definition) is 4. The van der Waals surface area contributed by atoms with Gasteiger partial charge in [0.25, 0.3) is 0 Å². The maximum atomic E-state index is 11.8. The molecule has 0 saturated heterocycles. The fourth-order valence-corrected chi connectivity index (χ4v) is 1.96. The van der Waals surface area contributed by atoms with Crippen LogP contribution in [-0.2, 0) is 9.47 Å². The number of fused-ring (bicyclic) bond motifs is 1. The molecule has 1 aromatic carbocycles. The predicted octanol–water partition coefficient (Wildman–Crippen LogP) is 3.00. The highest BCUT2D eigenvalue weighted by Crippen LogP contribution is 2.29. The zero-order valence-corrected chi connectivity index (χ0v) is 11.9. The summed E-state index contributed by atoms with van der Waals surface area (Å²) in [6, 6.07) is 5.60. The molecule has 6 nitrogen and oxygen atoms in total. The van der Waals surface area contributed by atoms with Gasteiger partial charge in [-0.3, -0.25) is 5.32 Å². The number of carbonyl (C=O) groups is 2. The largest absolute Gasteiger partial charge is 0.464 e. The first-order chi connectivity index (χ1) is 10.1. The van der Waals surface area contributed by atoms with Gasteiger partial charge in [0.1, 0.15) is 12.3 Å². The molecule has 6 heteroatoms. The molecular weight excluding hydrogens is 272 g/mol. The lowest BCUT2D eigenvalue weighted by Crippen LogP contribution is -2.16. The molecule has 0 bridgehead atoms. The summed E-state index contributed by atoms with van der Waals surface area (Å²) >= 11 is 0. The average molecular weight is 288 g/mol. The number of nitrogens with one attached hydrogen (secondary N) is 2. The van der Waals surface area contributed by atoms with Crippen molar-refractivity contribution in [2.24, 2.45) is 0 Å². The molecule has 21 heavy (non-hydrogen) atoms. The first-order valence-corrected chi connectivity index (χ1v) is 6.32. The summed E-state index contributed by atoms with van der Waals surface area (Å²) in [6.07, 6.45) is 0.794. The number of rotatable bonds is 4. The summed E-state index contributed by atoms with van der Waals surface area (Å²) in [5.74, 6) is -0.567. The molecule has 0 radical (unpaired) electrons. The van der Waals surface area contributed by atoms with Gasteiger partial charge in [0.15, 0.2) is 0 Å². The topological polar surface area (TPSA) is 80.4 Å². The van der Waals surface area contributed by atoms with Gasteiger partial charge < -0.3 is 14.5 Å². The van der Waals surface area contributed by atoms with E-state index >= 15 is 0 Å². The van der Waals surface area contributed by atoms with Crippen molar-refractivity contribution < 1.29 is 19.1 Å². The van der Waals surface area contributed by atoms with Gasteiger partial charge in [-0.2, -0.15) is 0 Å². The van der Waals surface area contributed by atoms with E-state index in [0.29, 0.717) is 11.1 Å². The fourth-order valence-electron chi connectivity index (χ4n) is 1.96. The van der Waals surface area contributed by atoms with Crippen LogP contribution in [0.1, 0.15) is 16.1 Å². The predicted molar refractivity (Wildman–Crippen MR) is 79.5 cm³/mol. The highest BCUT2D eigenvalue weighted by atomic mass is 16.5. The lowest BCUT2D eigenvalue weighted by molar-refractivity contribution is 0.0596. The van der Waals surface area contributed by atoms with E-state index in [1.165, 1.54) is 13.2 Å². The Morgan fingerprint density at radius 2 is 2.19 bits per heavy atom. The standard InChI is InChI=1S/C15H16N2O4/c1-4-7-21-15(19)17-12-10-8-9(2)5-6-11(10)16-13(12)14(18)20-3/h4-6,8,16H,1,7H2,2-3H3,(H,17,19). The fraction of sp³-hybridized carbons (Fsp3) is 0.200. The molecule has 0 atom stereocenters. The van der Waals surface area contributed by atoms with Crippen molar-refractivity contribution in [2.45, 2.75) is 6.92 Å². The molecule has 0 aliphatic rings. The Hall–Kier alpha value is -2.76. The second-order valence-corrected chi connectivity index (χ2v) is 4.43. The van der Waals surface area contributed by atoms with Gasteiger partial charge in [-0.25, -0.2) is 9.59 Å². The van der Waals surface area contributed by atoms with Crippen molar-refractivity contribution in [2.75, 3.05) is 19.0 Å². The van der Waals surface area contributed by atoms with E-state index in [-0.39, 0.29) is 12.3 Å². The zero-order valence-electron chi connectivity index (χ0n) is 11.9. The number of benzene rings is 1. The molecule has 0 unspecified atom stereocenters. The number of H-pyrrole nitrogens is 1. The van der Waals surface area contributed by atoms with Crippen molar-refractivity contribution in [3.05, 3.63) is 42.1 Å². The second kappa shape index (κ2) is 6.13. The van der Waals surface area contributed by atoms with E-state index in [9.17, 15) is 9.59 Å². The lowest BCUT2D eigenvalue weighted by Gasteiger charge is -2.06. The van der Waals surface area contributed by atoms with Crippen LogP contribution in [0.2, 0.25) is 0 Å². The van der Waals surface area contributed by atoms with E-state index in [1.54, 1.807) is 0 Å². The molecule has 1 amide bonds. The molecule has 0 aliphatic heterocycles. The normalized spacial score (nSPS) is 10.2. The maximum Gasteiger partial charge on any atom is 0.412 e. The molecule has 0 saturated carbocycles. The lowest BCUT2D eigenvalue weighted by atomic mass is 10.1. The van der Waals surface area contributed by atoms with Gasteiger partial charge in [-0.15, -0.1) is 0 Å². The number of methoxy groups -OCH3 is 1. The number of carbonyl (C=O) groups excluding carboxylic acids is 2. The van der Waals surface area contributed by atoms with Crippen LogP contribution >= 0.6 is 0 Å². The van der Waals surface area contributed by atoms with Crippen molar-refractivity contribution in [3.8, 4) is 0 Å². The summed E-state index contributed by atoms with van der Waals surface area (Å²) < 4.78 is 9.60. The molecule has 1 heterocycles. The number of aromatic nitrogens is 1. The molecule has 0 aliphatic carbocycles. The molecule has 2 rings (SSSR count). The zero-order chi connectivity index (χ0) is 15.4. The Morgan fingerprint density at radius 3 is 2.86 bits per heavy atom. The Labute approximate surface area is 121 Å². The number of esters is 1. The Morgan fingerprint density at radius 1 is 1.43 bits per heavy atom. The van der Waals surface area contributed by atoms with Crippen LogP contribution in [0.15, 0.2) is 30.9 Å². The molecule has 110 valence electrons. The molecular formula is C15H16N2O4. The summed E-state index contributed by atoms with van der Waals surface area (Å²) in [7, 11) is 1.28. The van der Waals surface area contributed by atoms with Gasteiger partial charge in [-0.05, 0) is 19.1 Å². The summed E-state index contributed by atoms with van der Waals surface area (Å²) in [5.41, 5.74) is 2.24. The van der Waals surface area contributed by atoms with Crippen LogP contribution in [0, 0.1) is 6.92 Å². The molecule has 1 aromatic heterocycles. The highest BCUT2D eigenvalue weighted by molar-refractivity contribution is 6.10. The molecule has 0 fully saturated rings. The third-order valence-corrected chi connectivity index (χ3v) is 2.90. The smallest absolute Gasteiger partial charge is 0.412 e. The van der Waals surface area contributed by atoms with E-state index in [1.807, 2.05) is 25.1 Å². The monoisotopic (exact) mass is 288 g/mol. The van der Waals surface area contributed by atoms with Crippen LogP contribution in [0.3, 0.4) is 0 Å². The number of ether oxygens (including phenoxy) is 2. The van der Waals surface area contributed by atoms with Gasteiger partial charge in [0, 0.05) is 10.9 Å². The van der Waals surface area contributed by atoms with Crippen molar-refractivity contribution in [1.82, 2.24) is 4.98 Å². The first kappa shape index (κ1) is 14.6. The van der Waals surface area contributed by atoms with Crippen molar-refractivity contribution in [3.63, 3.8) is 0 Å². The minimum absolute atomic E-state index is 0.0841. The van der Waals surface area contributed by atoms with Crippen LogP contribution in [0.4, 0.5) is 10.5 Å². The van der Waals surface area contributed by atoms with Crippen LogP contribution in [0.5, 0.6) is 0 Å². The quantitative estimate of drug-likeness (QED) is 0.669. The first-order valence-electron chi connectivity index (χ1n) is 6.32. The SMILES string of the molecule is C=CCOC(=O)Nc1c(C(=O)OC)[nH]c2ccc(C)cc12. The summed E-state index contributed by atoms with van der Waals surface area (Å²) in [4.78, 5) is 26.5. The third-order valence-electron chi connectivity index (χ3n) is 2.90. The Bertz CT molecular complexity index is 703. The summed E-state index contributed by atoms with van der Waals surface area (Å²) in [6.45, 7) is 5.47. The molecule has 2 N–H and O–H groups in total. The van der Waals surface area contributed by atoms with E-state index < -0.39 is 12.1 Å². The number of aromatic amines is 1. The van der Waals surface area contributed by atoms with Gasteiger partial charge in [-0.1, -0.05) is 24.3 Å². The van der Waals surface area contributed by atoms with Gasteiger partial charge >= 0.3 is 12.1 Å². The molecule has 0 spiro atoms. The van der Waals surface area contributed by atoms with Crippen molar-refractivity contribution >= 4 is 28.7 Å². The second-order valence-electron chi connectivity index (χ2n) is 4.43. The van der Waals surface area contributed by atoms with Crippen LogP contribution < -0.4 is 5.32 Å². The minimum atomic E-state index is -0.664. The Balaban J connectivity index is 2.46. The van der Waals surface area contributed by atoms with E-state index in [4.69, 9.17) is 9.47 Å². The third kappa shape index (κ3) is 3.05. The van der Waals surface area contributed by atoms with Crippen LogP contribution in [-0.4, -0.2) is 30.8 Å². The minimum Gasteiger partial charge on any atom is -0.464 e. The van der Waals surface area contributed by atoms with Gasteiger partial charge in [0.05, 0.1) is 12.8 Å². The number of anilines is 1. The number of aryl methyl sites for hydroxylation is 1. The van der Waals surface area contributed by atoms with Gasteiger partial charge in [0.2, 0.25) is 0 Å². The maximum absolute atomic E-state index is 11.8. The number of hydrogen-bond donors (Lipinski definition) is 2. The number of amides is 1. The average Bonchev–Trinajstić information content (AvgIpc) is 2.82. The van der Waals surface area contributed by atoms with E-state index in [2.05, 4.69) is 16.9 Å². The van der Waals surface area contributed by atoms with E-state index in [0.717, 1.165) is 11.1 Å².